The van der Waals surface area contributed by atoms with Crippen LogP contribution in [0, 0.1) is 5.82 Å². The van der Waals surface area contributed by atoms with Crippen LogP contribution in [0.4, 0.5) is 4.39 Å². The number of carbonyl (C=O) groups is 2. The first-order valence-corrected chi connectivity index (χ1v) is 4.32. The fourth-order valence-corrected chi connectivity index (χ4v) is 1.20. The van der Waals surface area contributed by atoms with Crippen LogP contribution in [0.1, 0.15) is 27.1 Å². The number of carboxylic acid groups (broad SMARTS) is 1. The maximum atomic E-state index is 12.8. The number of rotatable bonds is 4. The van der Waals surface area contributed by atoms with Crippen molar-refractivity contribution in [2.75, 3.05) is 6.54 Å². The molecule has 0 aliphatic rings. The van der Waals surface area contributed by atoms with Crippen LogP contribution in [-0.4, -0.2) is 23.4 Å². The third-order valence-electron chi connectivity index (χ3n) is 1.88. The molecule has 15 heavy (non-hydrogen) atoms. The Bertz CT molecular complexity index is 404. The Kier molecular flexibility index (Phi) is 3.51. The maximum absolute atomic E-state index is 12.8. The smallest absolute Gasteiger partial charge is 0.336 e. The van der Waals surface area contributed by atoms with Gasteiger partial charge in [-0.2, -0.15) is 0 Å². The predicted molar refractivity (Wildman–Crippen MR) is 51.4 cm³/mol. The minimum absolute atomic E-state index is 0.00523. The van der Waals surface area contributed by atoms with Gasteiger partial charge in [0, 0.05) is 12.0 Å². The molecular weight excluding hydrogens is 201 g/mol. The molecule has 80 valence electrons. The highest BCUT2D eigenvalue weighted by Gasteiger charge is 2.16. The summed E-state index contributed by atoms with van der Waals surface area (Å²) in [6, 6.07) is 3.04. The lowest BCUT2D eigenvalue weighted by molar-refractivity contribution is 0.0691. The van der Waals surface area contributed by atoms with E-state index in [4.69, 9.17) is 10.8 Å². The van der Waals surface area contributed by atoms with Gasteiger partial charge < -0.3 is 10.8 Å². The Morgan fingerprint density at radius 2 is 2.00 bits per heavy atom. The lowest BCUT2D eigenvalue weighted by atomic mass is 10.0. The van der Waals surface area contributed by atoms with Gasteiger partial charge in [0.05, 0.1) is 5.56 Å². The van der Waals surface area contributed by atoms with Crippen molar-refractivity contribution < 1.29 is 19.1 Å². The van der Waals surface area contributed by atoms with Gasteiger partial charge >= 0.3 is 5.97 Å². The Labute approximate surface area is 85.5 Å². The van der Waals surface area contributed by atoms with Crippen molar-refractivity contribution in [1.29, 1.82) is 0 Å². The van der Waals surface area contributed by atoms with Gasteiger partial charge in [-0.15, -0.1) is 0 Å². The molecule has 1 aromatic carbocycles. The quantitative estimate of drug-likeness (QED) is 0.729. The van der Waals surface area contributed by atoms with E-state index in [1.54, 1.807) is 0 Å². The van der Waals surface area contributed by atoms with Crippen molar-refractivity contribution in [3.63, 3.8) is 0 Å². The SMILES string of the molecule is NCCC(=O)c1ccc(F)cc1C(=O)O. The lowest BCUT2D eigenvalue weighted by Crippen LogP contribution is -2.13. The second-order valence-electron chi connectivity index (χ2n) is 2.96. The zero-order chi connectivity index (χ0) is 11.4. The second-order valence-corrected chi connectivity index (χ2v) is 2.96. The zero-order valence-corrected chi connectivity index (χ0v) is 7.87. The fourth-order valence-electron chi connectivity index (χ4n) is 1.20. The van der Waals surface area contributed by atoms with Crippen LogP contribution in [0.15, 0.2) is 18.2 Å². The highest BCUT2D eigenvalue weighted by atomic mass is 19.1. The van der Waals surface area contributed by atoms with Crippen molar-refractivity contribution in [1.82, 2.24) is 0 Å². The number of benzene rings is 1. The molecule has 0 saturated heterocycles. The zero-order valence-electron chi connectivity index (χ0n) is 7.87. The summed E-state index contributed by atoms with van der Waals surface area (Å²) in [5.41, 5.74) is 4.85. The van der Waals surface area contributed by atoms with Gasteiger partial charge in [0.25, 0.3) is 0 Å². The number of halogens is 1. The molecular formula is C10H10FNO3. The van der Waals surface area contributed by atoms with Gasteiger partial charge in [-0.05, 0) is 24.7 Å². The molecule has 0 amide bonds. The molecule has 3 N–H and O–H groups in total. The molecule has 1 aromatic rings. The fraction of sp³-hybridized carbons (Fsp3) is 0.200. The molecule has 0 heterocycles. The highest BCUT2D eigenvalue weighted by Crippen LogP contribution is 2.13. The molecule has 0 saturated carbocycles. The van der Waals surface area contributed by atoms with E-state index in [2.05, 4.69) is 0 Å². The Morgan fingerprint density at radius 3 is 2.53 bits per heavy atom. The van der Waals surface area contributed by atoms with Gasteiger partial charge in [-0.1, -0.05) is 0 Å². The maximum Gasteiger partial charge on any atom is 0.336 e. The largest absolute Gasteiger partial charge is 0.478 e. The molecule has 0 fully saturated rings. The van der Waals surface area contributed by atoms with Crippen molar-refractivity contribution in [2.24, 2.45) is 5.73 Å². The molecule has 0 aliphatic heterocycles. The Balaban J connectivity index is 3.17. The van der Waals surface area contributed by atoms with Gasteiger partial charge in [-0.3, -0.25) is 4.79 Å². The molecule has 0 aromatic heterocycles. The summed E-state index contributed by atoms with van der Waals surface area (Å²) in [6.45, 7) is 0.134. The van der Waals surface area contributed by atoms with E-state index in [0.717, 1.165) is 18.2 Å². The molecule has 0 atom stereocenters. The second kappa shape index (κ2) is 4.65. The molecule has 0 spiro atoms. The van der Waals surface area contributed by atoms with E-state index in [1.807, 2.05) is 0 Å². The first-order chi connectivity index (χ1) is 7.06. The van der Waals surface area contributed by atoms with Crippen LogP contribution in [-0.2, 0) is 0 Å². The molecule has 4 nitrogen and oxygen atoms in total. The monoisotopic (exact) mass is 211 g/mol. The third kappa shape index (κ3) is 2.60. The summed E-state index contributed by atoms with van der Waals surface area (Å²) in [5, 5.41) is 8.76. The summed E-state index contributed by atoms with van der Waals surface area (Å²) < 4.78 is 12.8. The van der Waals surface area contributed by atoms with Crippen LogP contribution in [0.5, 0.6) is 0 Å². The van der Waals surface area contributed by atoms with Crippen molar-refractivity contribution in [2.45, 2.75) is 6.42 Å². The normalized spacial score (nSPS) is 10.0. The average molecular weight is 211 g/mol. The van der Waals surface area contributed by atoms with Gasteiger partial charge in [0.2, 0.25) is 0 Å². The van der Waals surface area contributed by atoms with E-state index in [-0.39, 0.29) is 24.1 Å². The van der Waals surface area contributed by atoms with E-state index in [1.165, 1.54) is 0 Å². The van der Waals surface area contributed by atoms with Crippen molar-refractivity contribution in [3.8, 4) is 0 Å². The Morgan fingerprint density at radius 1 is 1.33 bits per heavy atom. The first kappa shape index (κ1) is 11.3. The summed E-state index contributed by atoms with van der Waals surface area (Å²) >= 11 is 0. The molecule has 5 heteroatoms. The van der Waals surface area contributed by atoms with E-state index >= 15 is 0 Å². The number of hydrogen-bond donors (Lipinski definition) is 2. The van der Waals surface area contributed by atoms with Crippen molar-refractivity contribution in [3.05, 3.63) is 35.1 Å². The summed E-state index contributed by atoms with van der Waals surface area (Å²) in [4.78, 5) is 22.1. The minimum atomic E-state index is -1.32. The molecule has 0 aliphatic carbocycles. The Hall–Kier alpha value is -1.75. The molecule has 0 unspecified atom stereocenters. The number of carboxylic acids is 1. The minimum Gasteiger partial charge on any atom is -0.478 e. The predicted octanol–water partition coefficient (Wildman–Crippen LogP) is 1.06. The summed E-state index contributed by atoms with van der Waals surface area (Å²) in [7, 11) is 0. The molecule has 0 bridgehead atoms. The van der Waals surface area contributed by atoms with Gasteiger partial charge in [0.1, 0.15) is 5.82 Å². The van der Waals surface area contributed by atoms with Gasteiger partial charge in [-0.25, -0.2) is 9.18 Å². The van der Waals surface area contributed by atoms with E-state index < -0.39 is 17.6 Å². The molecule has 0 radical (unpaired) electrons. The summed E-state index contributed by atoms with van der Waals surface area (Å²) in [6.07, 6.45) is 0.0475. The van der Waals surface area contributed by atoms with Gasteiger partial charge in [0.15, 0.2) is 5.78 Å². The van der Waals surface area contributed by atoms with E-state index in [9.17, 15) is 14.0 Å². The van der Waals surface area contributed by atoms with Crippen LogP contribution in [0.2, 0.25) is 0 Å². The topological polar surface area (TPSA) is 80.4 Å². The number of ketones is 1. The van der Waals surface area contributed by atoms with Crippen molar-refractivity contribution >= 4 is 11.8 Å². The number of aromatic carboxylic acids is 1. The number of nitrogens with two attached hydrogens (primary N) is 1. The van der Waals surface area contributed by atoms with Crippen LogP contribution in [0.25, 0.3) is 0 Å². The van der Waals surface area contributed by atoms with E-state index in [0.29, 0.717) is 0 Å². The standard InChI is InChI=1S/C10H10FNO3/c11-6-1-2-7(9(13)3-4-12)8(5-6)10(14)15/h1-2,5H,3-4,12H2,(H,14,15). The first-order valence-electron chi connectivity index (χ1n) is 4.32. The average Bonchev–Trinajstić information content (AvgIpc) is 2.17. The van der Waals surface area contributed by atoms with Crippen LogP contribution >= 0.6 is 0 Å². The lowest BCUT2D eigenvalue weighted by Gasteiger charge is -2.04. The van der Waals surface area contributed by atoms with Crippen LogP contribution < -0.4 is 5.73 Å². The number of hydrogen-bond acceptors (Lipinski definition) is 3. The number of Topliss-reactive ketones (excluding diaryl/α,β-unsaturated/α-hetero) is 1. The van der Waals surface area contributed by atoms with Crippen LogP contribution in [0.3, 0.4) is 0 Å². The number of carbonyl (C=O) groups excluding carboxylic acids is 1. The molecule has 1 rings (SSSR count). The summed E-state index contributed by atoms with van der Waals surface area (Å²) in [5.74, 6) is -2.40. The highest BCUT2D eigenvalue weighted by molar-refractivity contribution is 6.05. The third-order valence-corrected chi connectivity index (χ3v) is 1.88.